The molecule has 0 atom stereocenters. The van der Waals surface area contributed by atoms with Crippen molar-refractivity contribution in [3.63, 3.8) is 0 Å². The molecule has 1 aromatic carbocycles. The predicted molar refractivity (Wildman–Crippen MR) is 68.2 cm³/mol. The monoisotopic (exact) mass is 256 g/mol. The molecule has 0 fully saturated rings. The third kappa shape index (κ3) is 3.22. The van der Waals surface area contributed by atoms with Gasteiger partial charge in [0.05, 0.1) is 11.1 Å². The van der Waals surface area contributed by atoms with Crippen LogP contribution >= 0.6 is 0 Å². The lowest BCUT2D eigenvalue weighted by atomic mass is 10.1. The van der Waals surface area contributed by atoms with Crippen molar-refractivity contribution in [2.75, 3.05) is 0 Å². The number of aromatic nitrogens is 2. The average molecular weight is 256 g/mol. The summed E-state index contributed by atoms with van der Waals surface area (Å²) in [5, 5.41) is 0. The normalized spacial score (nSPS) is 9.95. The molecule has 0 spiro atoms. The van der Waals surface area contributed by atoms with Crippen molar-refractivity contribution in [3.8, 4) is 5.75 Å². The molecule has 96 valence electrons. The van der Waals surface area contributed by atoms with Crippen LogP contribution in [0, 0.1) is 0 Å². The number of ether oxygens (including phenoxy) is 1. The molecule has 0 bridgehead atoms. The number of benzene rings is 1. The van der Waals surface area contributed by atoms with Gasteiger partial charge < -0.3 is 4.74 Å². The van der Waals surface area contributed by atoms with E-state index in [2.05, 4.69) is 9.97 Å². The maximum Gasteiger partial charge on any atom is 0.166 e. The lowest BCUT2D eigenvalue weighted by Gasteiger charge is -2.08. The number of ketones is 1. The molecule has 1 heterocycles. The van der Waals surface area contributed by atoms with E-state index < -0.39 is 0 Å². The number of nitrogens with zero attached hydrogens (tertiary/aromatic N) is 2. The van der Waals surface area contributed by atoms with Crippen LogP contribution in [0.25, 0.3) is 0 Å². The van der Waals surface area contributed by atoms with Gasteiger partial charge in [-0.05, 0) is 19.1 Å². The molecular formula is C14H12N2O3. The van der Waals surface area contributed by atoms with Crippen LogP contribution in [0.3, 0.4) is 0 Å². The molecule has 19 heavy (non-hydrogen) atoms. The van der Waals surface area contributed by atoms with Crippen molar-refractivity contribution in [2.45, 2.75) is 13.5 Å². The van der Waals surface area contributed by atoms with Gasteiger partial charge in [-0.1, -0.05) is 12.1 Å². The smallest absolute Gasteiger partial charge is 0.166 e. The zero-order chi connectivity index (χ0) is 13.7. The van der Waals surface area contributed by atoms with E-state index in [1.165, 1.54) is 19.3 Å². The Morgan fingerprint density at radius 1 is 1.26 bits per heavy atom. The highest BCUT2D eigenvalue weighted by Gasteiger charge is 2.08. The van der Waals surface area contributed by atoms with Gasteiger partial charge in [0.1, 0.15) is 12.4 Å². The second-order valence-electron chi connectivity index (χ2n) is 3.89. The number of hydrogen-bond donors (Lipinski definition) is 0. The second-order valence-corrected chi connectivity index (χ2v) is 3.89. The third-order valence-electron chi connectivity index (χ3n) is 2.48. The third-order valence-corrected chi connectivity index (χ3v) is 2.48. The first-order chi connectivity index (χ1) is 9.20. The zero-order valence-electron chi connectivity index (χ0n) is 10.4. The summed E-state index contributed by atoms with van der Waals surface area (Å²) < 4.78 is 5.52. The summed E-state index contributed by atoms with van der Waals surface area (Å²) in [6.45, 7) is 1.63. The summed E-state index contributed by atoms with van der Waals surface area (Å²) in [7, 11) is 0. The highest BCUT2D eigenvalue weighted by Crippen LogP contribution is 2.19. The van der Waals surface area contributed by atoms with Gasteiger partial charge in [0.2, 0.25) is 0 Å². The van der Waals surface area contributed by atoms with Crippen molar-refractivity contribution in [2.24, 2.45) is 0 Å². The standard InChI is InChI=1S/C14H12N2O3/c1-10(18)12-4-2-3-5-13(12)19-9-14-15-6-11(8-17)7-16-14/h2-8H,9H2,1H3. The molecule has 0 saturated heterocycles. The summed E-state index contributed by atoms with van der Waals surface area (Å²) >= 11 is 0. The molecule has 2 rings (SSSR count). The molecule has 0 aliphatic carbocycles. The fraction of sp³-hybridized carbons (Fsp3) is 0.143. The van der Waals surface area contributed by atoms with Crippen LogP contribution in [0.5, 0.6) is 5.75 Å². The van der Waals surface area contributed by atoms with E-state index in [1.807, 2.05) is 0 Å². The van der Waals surface area contributed by atoms with E-state index in [-0.39, 0.29) is 12.4 Å². The van der Waals surface area contributed by atoms with Gasteiger partial charge in [-0.15, -0.1) is 0 Å². The lowest BCUT2D eigenvalue weighted by molar-refractivity contribution is 0.101. The number of carbonyl (C=O) groups is 2. The number of rotatable bonds is 5. The minimum Gasteiger partial charge on any atom is -0.485 e. The van der Waals surface area contributed by atoms with E-state index in [0.29, 0.717) is 29.0 Å². The first-order valence-corrected chi connectivity index (χ1v) is 5.69. The fourth-order valence-corrected chi connectivity index (χ4v) is 1.53. The Kier molecular flexibility index (Phi) is 3.97. The van der Waals surface area contributed by atoms with Crippen LogP contribution in [0.1, 0.15) is 33.5 Å². The molecule has 0 radical (unpaired) electrons. The van der Waals surface area contributed by atoms with Crippen LogP contribution < -0.4 is 4.74 Å². The zero-order valence-corrected chi connectivity index (χ0v) is 10.4. The largest absolute Gasteiger partial charge is 0.485 e. The van der Waals surface area contributed by atoms with Gasteiger partial charge >= 0.3 is 0 Å². The Bertz CT molecular complexity index is 594. The Hall–Kier alpha value is -2.56. The topological polar surface area (TPSA) is 69.2 Å². The number of carbonyl (C=O) groups excluding carboxylic acids is 2. The maximum atomic E-state index is 11.4. The van der Waals surface area contributed by atoms with Gasteiger partial charge in [0.15, 0.2) is 17.9 Å². The molecule has 2 aromatic rings. The average Bonchev–Trinajstić information content (AvgIpc) is 2.46. The van der Waals surface area contributed by atoms with Gasteiger partial charge in [-0.3, -0.25) is 9.59 Å². The van der Waals surface area contributed by atoms with Crippen LogP contribution in [0.15, 0.2) is 36.7 Å². The molecule has 0 amide bonds. The highest BCUT2D eigenvalue weighted by atomic mass is 16.5. The van der Waals surface area contributed by atoms with Gasteiger partial charge in [0.25, 0.3) is 0 Å². The van der Waals surface area contributed by atoms with Crippen molar-refractivity contribution < 1.29 is 14.3 Å². The molecule has 0 aliphatic heterocycles. The minimum absolute atomic E-state index is 0.0622. The van der Waals surface area contributed by atoms with Gasteiger partial charge in [-0.25, -0.2) is 9.97 Å². The fourth-order valence-electron chi connectivity index (χ4n) is 1.53. The number of Topliss-reactive ketones (excluding diaryl/α,β-unsaturated/α-hetero) is 1. The summed E-state index contributed by atoms with van der Waals surface area (Å²) in [5.41, 5.74) is 0.930. The van der Waals surface area contributed by atoms with Crippen molar-refractivity contribution in [1.82, 2.24) is 9.97 Å². The van der Waals surface area contributed by atoms with Crippen LogP contribution in [-0.4, -0.2) is 22.0 Å². The van der Waals surface area contributed by atoms with E-state index in [9.17, 15) is 9.59 Å². The summed E-state index contributed by atoms with van der Waals surface area (Å²) in [5.74, 6) is 0.884. The molecule has 0 saturated carbocycles. The van der Waals surface area contributed by atoms with Crippen LogP contribution in [-0.2, 0) is 6.61 Å². The van der Waals surface area contributed by atoms with E-state index in [4.69, 9.17) is 4.74 Å². The quantitative estimate of drug-likeness (QED) is 0.605. The number of para-hydroxylation sites is 1. The first kappa shape index (κ1) is 12.9. The van der Waals surface area contributed by atoms with Gasteiger partial charge in [0, 0.05) is 12.4 Å². The Morgan fingerprint density at radius 3 is 2.58 bits per heavy atom. The molecule has 0 aliphatic rings. The van der Waals surface area contributed by atoms with Crippen molar-refractivity contribution in [3.05, 3.63) is 53.6 Å². The molecule has 0 unspecified atom stereocenters. The van der Waals surface area contributed by atoms with Crippen molar-refractivity contribution >= 4 is 12.1 Å². The Morgan fingerprint density at radius 2 is 1.95 bits per heavy atom. The first-order valence-electron chi connectivity index (χ1n) is 5.69. The summed E-state index contributed by atoms with van der Waals surface area (Å²) in [4.78, 5) is 29.9. The molecular weight excluding hydrogens is 244 g/mol. The summed E-state index contributed by atoms with van der Waals surface area (Å²) in [6.07, 6.45) is 3.53. The Balaban J connectivity index is 2.09. The number of aldehydes is 1. The van der Waals surface area contributed by atoms with Crippen LogP contribution in [0.4, 0.5) is 0 Å². The van der Waals surface area contributed by atoms with E-state index in [0.717, 1.165) is 0 Å². The van der Waals surface area contributed by atoms with Gasteiger partial charge in [-0.2, -0.15) is 0 Å². The number of hydrogen-bond acceptors (Lipinski definition) is 5. The minimum atomic E-state index is -0.0622. The van der Waals surface area contributed by atoms with E-state index >= 15 is 0 Å². The van der Waals surface area contributed by atoms with Crippen LogP contribution in [0.2, 0.25) is 0 Å². The Labute approximate surface area is 110 Å². The molecule has 1 aromatic heterocycles. The van der Waals surface area contributed by atoms with Crippen molar-refractivity contribution in [1.29, 1.82) is 0 Å². The molecule has 5 nitrogen and oxygen atoms in total. The second kappa shape index (κ2) is 5.86. The maximum absolute atomic E-state index is 11.4. The summed E-state index contributed by atoms with van der Waals surface area (Å²) in [6, 6.07) is 6.99. The highest BCUT2D eigenvalue weighted by molar-refractivity contribution is 5.96. The SMILES string of the molecule is CC(=O)c1ccccc1OCc1ncc(C=O)cn1. The molecule has 0 N–H and O–H groups in total. The molecule has 5 heteroatoms. The lowest BCUT2D eigenvalue weighted by Crippen LogP contribution is -2.04. The van der Waals surface area contributed by atoms with E-state index in [1.54, 1.807) is 24.3 Å². The predicted octanol–water partition coefficient (Wildman–Crippen LogP) is 2.07.